The molecule has 0 unspecified atom stereocenters. The molecule has 0 aromatic rings. The summed E-state index contributed by atoms with van der Waals surface area (Å²) in [5.74, 6) is 0. The Bertz CT molecular complexity index is 361. The quantitative estimate of drug-likeness (QED) is 0.545. The van der Waals surface area contributed by atoms with Crippen molar-refractivity contribution in [3.8, 4) is 0 Å². The molecule has 0 saturated carbocycles. The Hall–Kier alpha value is -0.450. The van der Waals surface area contributed by atoms with E-state index in [2.05, 4.69) is 0 Å². The van der Waals surface area contributed by atoms with Crippen molar-refractivity contribution in [1.82, 2.24) is 0 Å². The normalized spacial score (nSPS) is 26.2. The summed E-state index contributed by atoms with van der Waals surface area (Å²) in [5, 5.41) is 0. The highest BCUT2D eigenvalue weighted by molar-refractivity contribution is 7.10. The second kappa shape index (κ2) is 5.57. The predicted molar refractivity (Wildman–Crippen MR) is 63.6 cm³/mol. The van der Waals surface area contributed by atoms with E-state index in [9.17, 15) is 26.3 Å². The molecule has 0 spiro atoms. The molecule has 2 aliphatic heterocycles. The molecule has 0 amide bonds. The first kappa shape index (κ1) is 17.9. The molecule has 126 valence electrons. The maximum Gasteiger partial charge on any atom is 0.488 e. The number of hydrogen-bond donors (Lipinski definition) is 0. The summed E-state index contributed by atoms with van der Waals surface area (Å²) in [4.78, 5) is 0. The monoisotopic (exact) mass is 334 g/mol. The fraction of sp³-hybridized carbons (Fsp3) is 1.00. The first-order valence-electron chi connectivity index (χ1n) is 6.48. The Morgan fingerprint density at radius 1 is 0.636 bits per heavy atom. The number of alkyl halides is 6. The molecule has 0 atom stereocenters. The zero-order valence-corrected chi connectivity index (χ0v) is 11.9. The maximum atomic E-state index is 12.8. The Kier molecular flexibility index (Phi) is 4.53. The zero-order valence-electron chi connectivity index (χ0n) is 11.9. The van der Waals surface area contributed by atoms with E-state index >= 15 is 0 Å². The molecule has 12 heteroatoms. The summed E-state index contributed by atoms with van der Waals surface area (Å²) in [6.07, 6.45) is -9.03. The Morgan fingerprint density at radius 3 is 1.05 bits per heavy atom. The van der Waals surface area contributed by atoms with Crippen LogP contribution in [-0.4, -0.2) is 52.8 Å². The molecule has 0 aromatic heterocycles. The fourth-order valence-electron chi connectivity index (χ4n) is 1.89. The summed E-state index contributed by atoms with van der Waals surface area (Å²) in [7, 11) is -2.57. The van der Waals surface area contributed by atoms with Crippen LogP contribution in [-0.2, 0) is 18.6 Å². The fourth-order valence-corrected chi connectivity index (χ4v) is 1.89. The van der Waals surface area contributed by atoms with Crippen LogP contribution < -0.4 is 0 Å². The lowest BCUT2D eigenvalue weighted by atomic mass is 9.47. The minimum atomic E-state index is -4.51. The van der Waals surface area contributed by atoms with E-state index in [-0.39, 0.29) is 0 Å². The third-order valence-electron chi connectivity index (χ3n) is 3.86. The second-order valence-electron chi connectivity index (χ2n) is 6.10. The first-order chi connectivity index (χ1) is 9.88. The molecule has 2 heterocycles. The molecule has 4 nitrogen and oxygen atoms in total. The Labute approximate surface area is 123 Å². The first-order valence-corrected chi connectivity index (χ1v) is 6.48. The van der Waals surface area contributed by atoms with Crippen molar-refractivity contribution in [3.63, 3.8) is 0 Å². The van der Waals surface area contributed by atoms with E-state index in [1.165, 1.54) is 0 Å². The number of rotatable bonds is 1. The Morgan fingerprint density at radius 2 is 0.864 bits per heavy atom. The molecule has 22 heavy (non-hydrogen) atoms. The van der Waals surface area contributed by atoms with Crippen molar-refractivity contribution in [3.05, 3.63) is 0 Å². The van der Waals surface area contributed by atoms with E-state index in [1.807, 2.05) is 0 Å². The van der Waals surface area contributed by atoms with Crippen molar-refractivity contribution < 1.29 is 45.0 Å². The third kappa shape index (κ3) is 3.24. The molecular weight excluding hydrogens is 320 g/mol. The molecule has 2 saturated heterocycles. The highest BCUT2D eigenvalue weighted by Gasteiger charge is 2.60. The molecular formula is C10H14B2F6O4. The third-order valence-corrected chi connectivity index (χ3v) is 3.86. The standard InChI is InChI=1S/C10H14B2F6O4/c1-7(9(13,14)15)3-19-11(20-4-7)12-21-5-8(2,6-22-12)10(16,17)18/h3-6H2,1-2H3. The van der Waals surface area contributed by atoms with Gasteiger partial charge < -0.3 is 18.6 Å². The molecule has 0 bridgehead atoms. The van der Waals surface area contributed by atoms with Gasteiger partial charge in [-0.05, 0) is 13.8 Å². The van der Waals surface area contributed by atoms with Crippen LogP contribution in [0.3, 0.4) is 0 Å². The van der Waals surface area contributed by atoms with Crippen LogP contribution in [0.15, 0.2) is 0 Å². The smallest absolute Gasteiger partial charge is 0.412 e. The van der Waals surface area contributed by atoms with Gasteiger partial charge in [0, 0.05) is 26.4 Å². The molecule has 0 radical (unpaired) electrons. The molecule has 2 fully saturated rings. The van der Waals surface area contributed by atoms with Gasteiger partial charge in [0.1, 0.15) is 10.8 Å². The van der Waals surface area contributed by atoms with Gasteiger partial charge in [-0.15, -0.1) is 0 Å². The molecule has 2 aliphatic rings. The van der Waals surface area contributed by atoms with Gasteiger partial charge >= 0.3 is 26.4 Å². The van der Waals surface area contributed by atoms with Gasteiger partial charge in [-0.2, -0.15) is 26.3 Å². The van der Waals surface area contributed by atoms with Crippen molar-refractivity contribution in [1.29, 1.82) is 0 Å². The Balaban J connectivity index is 1.90. The zero-order chi connectivity index (χ0) is 16.8. The van der Waals surface area contributed by atoms with Crippen molar-refractivity contribution in [2.45, 2.75) is 26.2 Å². The van der Waals surface area contributed by atoms with E-state index in [4.69, 9.17) is 18.6 Å². The van der Waals surface area contributed by atoms with Gasteiger partial charge in [0.25, 0.3) is 0 Å². The minimum Gasteiger partial charge on any atom is -0.412 e. The van der Waals surface area contributed by atoms with Gasteiger partial charge in [0.15, 0.2) is 0 Å². The van der Waals surface area contributed by atoms with Crippen LogP contribution in [0.25, 0.3) is 0 Å². The average molecular weight is 334 g/mol. The summed E-state index contributed by atoms with van der Waals surface area (Å²) in [6.45, 7) is -0.844. The highest BCUT2D eigenvalue weighted by atomic mass is 19.4. The van der Waals surface area contributed by atoms with Crippen molar-refractivity contribution in [2.75, 3.05) is 26.4 Å². The van der Waals surface area contributed by atoms with Gasteiger partial charge in [0.2, 0.25) is 0 Å². The summed E-state index contributed by atoms with van der Waals surface area (Å²) in [6, 6.07) is 0. The van der Waals surface area contributed by atoms with Crippen LogP contribution in [0.2, 0.25) is 0 Å². The van der Waals surface area contributed by atoms with Gasteiger partial charge in [-0.3, -0.25) is 0 Å². The maximum absolute atomic E-state index is 12.8. The lowest BCUT2D eigenvalue weighted by Gasteiger charge is -2.41. The van der Waals surface area contributed by atoms with Crippen LogP contribution in [0, 0.1) is 10.8 Å². The van der Waals surface area contributed by atoms with Crippen LogP contribution in [0.1, 0.15) is 13.8 Å². The number of halogens is 6. The van der Waals surface area contributed by atoms with E-state index in [1.54, 1.807) is 0 Å². The van der Waals surface area contributed by atoms with Gasteiger partial charge in [-0.1, -0.05) is 0 Å². The van der Waals surface area contributed by atoms with E-state index < -0.39 is 63.6 Å². The summed E-state index contributed by atoms with van der Waals surface area (Å²) >= 11 is 0. The van der Waals surface area contributed by atoms with Crippen LogP contribution >= 0.6 is 0 Å². The minimum absolute atomic E-state index is 0.680. The van der Waals surface area contributed by atoms with E-state index in [0.29, 0.717) is 0 Å². The molecule has 2 rings (SSSR count). The van der Waals surface area contributed by atoms with Crippen molar-refractivity contribution >= 4 is 14.0 Å². The average Bonchev–Trinajstić information content (AvgIpc) is 2.38. The van der Waals surface area contributed by atoms with Crippen LogP contribution in [0.5, 0.6) is 0 Å². The lowest BCUT2D eigenvalue weighted by molar-refractivity contribution is -0.250. The van der Waals surface area contributed by atoms with Gasteiger partial charge in [0.05, 0.1) is 0 Å². The highest BCUT2D eigenvalue weighted by Crippen LogP contribution is 2.43. The number of hydrogen-bond acceptors (Lipinski definition) is 4. The largest absolute Gasteiger partial charge is 0.488 e. The predicted octanol–water partition coefficient (Wildman–Crippen LogP) is 2.27. The topological polar surface area (TPSA) is 36.9 Å². The molecule has 0 N–H and O–H groups in total. The van der Waals surface area contributed by atoms with Gasteiger partial charge in [-0.25, -0.2) is 0 Å². The van der Waals surface area contributed by atoms with E-state index in [0.717, 1.165) is 13.8 Å². The van der Waals surface area contributed by atoms with Crippen molar-refractivity contribution in [2.24, 2.45) is 10.8 Å². The molecule has 0 aromatic carbocycles. The second-order valence-corrected chi connectivity index (χ2v) is 6.10. The lowest BCUT2D eigenvalue weighted by Crippen LogP contribution is -2.61. The summed E-state index contributed by atoms with van der Waals surface area (Å²) < 4.78 is 96.4. The summed E-state index contributed by atoms with van der Waals surface area (Å²) in [5.41, 5.74) is -4.34. The molecule has 0 aliphatic carbocycles. The van der Waals surface area contributed by atoms with Crippen LogP contribution in [0.4, 0.5) is 26.3 Å². The SMILES string of the molecule is CC1(C(F)(F)F)COB(B2OCC(C)(C(F)(F)F)CO2)OC1.